The molecule has 2 aromatic rings. The van der Waals surface area contributed by atoms with Gasteiger partial charge in [-0.3, -0.25) is 4.79 Å². The molecule has 1 unspecified atom stereocenters. The summed E-state index contributed by atoms with van der Waals surface area (Å²) in [7, 11) is -3.00. The third-order valence-corrected chi connectivity index (χ3v) is 6.60. The Morgan fingerprint density at radius 2 is 1.96 bits per heavy atom. The number of amides is 1. The highest BCUT2D eigenvalue weighted by atomic mass is 32.2. The first-order valence-electron chi connectivity index (χ1n) is 7.46. The summed E-state index contributed by atoms with van der Waals surface area (Å²) in [6, 6.07) is 9.74. The van der Waals surface area contributed by atoms with E-state index in [-0.39, 0.29) is 29.3 Å². The van der Waals surface area contributed by atoms with Crippen LogP contribution in [0.15, 0.2) is 42.5 Å². The third kappa shape index (κ3) is 4.30. The fourth-order valence-corrected chi connectivity index (χ4v) is 5.12. The number of benzene rings is 1. The number of thiophene rings is 1. The lowest BCUT2D eigenvalue weighted by Gasteiger charge is -2.07. The van der Waals surface area contributed by atoms with Gasteiger partial charge in [0.15, 0.2) is 9.84 Å². The number of nitrogens with one attached hydrogen (secondary N) is 1. The number of halogens is 1. The van der Waals surface area contributed by atoms with Gasteiger partial charge in [0.05, 0.1) is 11.5 Å². The summed E-state index contributed by atoms with van der Waals surface area (Å²) in [5.41, 5.74) is 0.918. The van der Waals surface area contributed by atoms with Crippen molar-refractivity contribution in [2.24, 2.45) is 0 Å². The Bertz CT molecular complexity index is 869. The van der Waals surface area contributed by atoms with Crippen molar-refractivity contribution in [2.75, 3.05) is 11.5 Å². The largest absolute Gasteiger partial charge is 0.349 e. The van der Waals surface area contributed by atoms with Crippen LogP contribution in [0.1, 0.15) is 11.3 Å². The van der Waals surface area contributed by atoms with Crippen molar-refractivity contribution < 1.29 is 17.6 Å². The second-order valence-electron chi connectivity index (χ2n) is 5.65. The topological polar surface area (TPSA) is 63.2 Å². The van der Waals surface area contributed by atoms with Crippen molar-refractivity contribution in [3.63, 3.8) is 0 Å². The molecular formula is C17H16FNO3S2. The van der Waals surface area contributed by atoms with Crippen LogP contribution in [0.5, 0.6) is 0 Å². The van der Waals surface area contributed by atoms with Crippen molar-refractivity contribution >= 4 is 33.2 Å². The zero-order valence-corrected chi connectivity index (χ0v) is 14.4. The third-order valence-electron chi connectivity index (χ3n) is 3.73. The van der Waals surface area contributed by atoms with Crippen LogP contribution < -0.4 is 5.32 Å². The highest BCUT2D eigenvalue weighted by molar-refractivity contribution is 7.91. The summed E-state index contributed by atoms with van der Waals surface area (Å²) in [6.45, 7) is 0. The van der Waals surface area contributed by atoms with E-state index in [2.05, 4.69) is 5.32 Å². The van der Waals surface area contributed by atoms with E-state index >= 15 is 0 Å². The Labute approximate surface area is 143 Å². The van der Waals surface area contributed by atoms with Crippen molar-refractivity contribution in [3.05, 3.63) is 53.2 Å². The Kier molecular flexibility index (Phi) is 4.82. The van der Waals surface area contributed by atoms with Gasteiger partial charge in [-0.15, -0.1) is 11.3 Å². The van der Waals surface area contributed by atoms with E-state index in [0.717, 1.165) is 15.3 Å². The SMILES string of the molecule is O=C(/C=C/c1ccc(-c2ccc(F)cc2)s1)NC1CCS(=O)(=O)C1. The summed E-state index contributed by atoms with van der Waals surface area (Å²) >= 11 is 1.49. The minimum atomic E-state index is -3.00. The Morgan fingerprint density at radius 1 is 1.21 bits per heavy atom. The molecule has 2 heterocycles. The molecule has 1 aromatic carbocycles. The maximum Gasteiger partial charge on any atom is 0.244 e. The predicted molar refractivity (Wildman–Crippen MR) is 93.9 cm³/mol. The first kappa shape index (κ1) is 16.9. The van der Waals surface area contributed by atoms with Crippen LogP contribution in [0, 0.1) is 5.82 Å². The molecule has 4 nitrogen and oxygen atoms in total. The van der Waals surface area contributed by atoms with Crippen molar-refractivity contribution in [3.8, 4) is 10.4 Å². The Hall–Kier alpha value is -1.99. The molecule has 0 radical (unpaired) electrons. The molecule has 1 fully saturated rings. The van der Waals surface area contributed by atoms with Gasteiger partial charge < -0.3 is 5.32 Å². The summed E-state index contributed by atoms with van der Waals surface area (Å²) < 4.78 is 35.7. The number of rotatable bonds is 4. The number of hydrogen-bond acceptors (Lipinski definition) is 4. The molecule has 0 bridgehead atoms. The van der Waals surface area contributed by atoms with E-state index < -0.39 is 9.84 Å². The predicted octanol–water partition coefficient (Wildman–Crippen LogP) is 2.87. The fraction of sp³-hybridized carbons (Fsp3) is 0.235. The van der Waals surface area contributed by atoms with Crippen LogP contribution in [0.25, 0.3) is 16.5 Å². The summed E-state index contributed by atoms with van der Waals surface area (Å²) in [4.78, 5) is 13.7. The lowest BCUT2D eigenvalue weighted by molar-refractivity contribution is -0.116. The van der Waals surface area contributed by atoms with Crippen LogP contribution in [-0.2, 0) is 14.6 Å². The highest BCUT2D eigenvalue weighted by Crippen LogP contribution is 2.28. The van der Waals surface area contributed by atoms with Crippen molar-refractivity contribution in [1.82, 2.24) is 5.32 Å². The van der Waals surface area contributed by atoms with Gasteiger partial charge in [0, 0.05) is 21.9 Å². The molecule has 1 aliphatic heterocycles. The lowest BCUT2D eigenvalue weighted by Crippen LogP contribution is -2.34. The summed E-state index contributed by atoms with van der Waals surface area (Å²) in [6.07, 6.45) is 3.57. The van der Waals surface area contributed by atoms with E-state index in [4.69, 9.17) is 0 Å². The molecule has 3 rings (SSSR count). The van der Waals surface area contributed by atoms with E-state index in [1.807, 2.05) is 12.1 Å². The van der Waals surface area contributed by atoms with E-state index in [1.54, 1.807) is 18.2 Å². The summed E-state index contributed by atoms with van der Waals surface area (Å²) in [5.74, 6) is -0.427. The number of hydrogen-bond donors (Lipinski definition) is 1. The second-order valence-corrected chi connectivity index (χ2v) is 8.99. The molecule has 1 aliphatic rings. The van der Waals surface area contributed by atoms with Gasteiger partial charge in [-0.1, -0.05) is 12.1 Å². The fourth-order valence-electron chi connectivity index (χ4n) is 2.53. The van der Waals surface area contributed by atoms with E-state index in [0.29, 0.717) is 6.42 Å². The normalized spacial score (nSPS) is 19.6. The number of sulfone groups is 1. The molecule has 1 aromatic heterocycles. The van der Waals surface area contributed by atoms with Crippen LogP contribution in [0.2, 0.25) is 0 Å². The average Bonchev–Trinajstić information content (AvgIpc) is 3.12. The molecule has 1 N–H and O–H groups in total. The molecule has 1 saturated heterocycles. The maximum absolute atomic E-state index is 12.9. The molecule has 7 heteroatoms. The molecule has 1 amide bonds. The second kappa shape index (κ2) is 6.86. The zero-order chi connectivity index (χ0) is 17.2. The maximum atomic E-state index is 12.9. The average molecular weight is 365 g/mol. The van der Waals surface area contributed by atoms with E-state index in [9.17, 15) is 17.6 Å². The molecule has 126 valence electrons. The van der Waals surface area contributed by atoms with Crippen LogP contribution in [0.3, 0.4) is 0 Å². The minimum Gasteiger partial charge on any atom is -0.349 e. The highest BCUT2D eigenvalue weighted by Gasteiger charge is 2.28. The van der Waals surface area contributed by atoms with Gasteiger partial charge in [0.2, 0.25) is 5.91 Å². The van der Waals surface area contributed by atoms with Gasteiger partial charge in [-0.25, -0.2) is 12.8 Å². The number of carbonyl (C=O) groups is 1. The zero-order valence-electron chi connectivity index (χ0n) is 12.7. The monoisotopic (exact) mass is 365 g/mol. The van der Waals surface area contributed by atoms with Gasteiger partial charge in [0.1, 0.15) is 5.82 Å². The van der Waals surface area contributed by atoms with Gasteiger partial charge in [-0.05, 0) is 42.3 Å². The minimum absolute atomic E-state index is 0.0142. The van der Waals surface area contributed by atoms with Crippen LogP contribution in [-0.4, -0.2) is 31.9 Å². The molecule has 0 aliphatic carbocycles. The first-order valence-corrected chi connectivity index (χ1v) is 10.1. The first-order chi connectivity index (χ1) is 11.4. The Balaban J connectivity index is 1.61. The molecule has 0 spiro atoms. The quantitative estimate of drug-likeness (QED) is 0.848. The van der Waals surface area contributed by atoms with Gasteiger partial charge in [-0.2, -0.15) is 0 Å². The number of carbonyl (C=O) groups excluding carboxylic acids is 1. The van der Waals surface area contributed by atoms with Crippen molar-refractivity contribution in [2.45, 2.75) is 12.5 Å². The molecular weight excluding hydrogens is 349 g/mol. The standard InChI is InChI=1S/C17H16FNO3S2/c18-13-3-1-12(2-4-13)16-7-5-15(23-16)6-8-17(20)19-14-9-10-24(21,22)11-14/h1-8,14H,9-11H2,(H,19,20)/b8-6+. The van der Waals surface area contributed by atoms with Crippen LogP contribution >= 0.6 is 11.3 Å². The Morgan fingerprint density at radius 3 is 2.62 bits per heavy atom. The smallest absolute Gasteiger partial charge is 0.244 e. The van der Waals surface area contributed by atoms with Gasteiger partial charge in [0.25, 0.3) is 0 Å². The van der Waals surface area contributed by atoms with Gasteiger partial charge >= 0.3 is 0 Å². The van der Waals surface area contributed by atoms with Crippen molar-refractivity contribution in [1.29, 1.82) is 0 Å². The van der Waals surface area contributed by atoms with Crippen LogP contribution in [0.4, 0.5) is 4.39 Å². The lowest BCUT2D eigenvalue weighted by atomic mass is 10.2. The van der Waals surface area contributed by atoms with E-state index in [1.165, 1.54) is 29.5 Å². The summed E-state index contributed by atoms with van der Waals surface area (Å²) in [5, 5.41) is 2.71. The molecule has 1 atom stereocenters. The molecule has 0 saturated carbocycles. The molecule has 24 heavy (non-hydrogen) atoms.